The number of hydrogen-bond acceptors (Lipinski definition) is 3. The third-order valence-electron chi connectivity index (χ3n) is 11.7. The number of nitrogens with zero attached hydrogens (tertiary/aromatic N) is 2. The molecule has 0 bridgehead atoms. The summed E-state index contributed by atoms with van der Waals surface area (Å²) >= 11 is 0. The number of nitrogens with one attached hydrogen (secondary N) is 2. The summed E-state index contributed by atoms with van der Waals surface area (Å²) in [6, 6.07) is 67.4. The molecule has 0 fully saturated rings. The van der Waals surface area contributed by atoms with Gasteiger partial charge in [-0.2, -0.15) is 0 Å². The topological polar surface area (TPSA) is 70.1 Å². The molecule has 1 aromatic heterocycles. The molecule has 10 rings (SSSR count). The van der Waals surface area contributed by atoms with Crippen LogP contribution in [0, 0.1) is 5.41 Å². The summed E-state index contributed by atoms with van der Waals surface area (Å²) in [4.78, 5) is 0. The lowest BCUT2D eigenvalue weighted by Crippen LogP contribution is -2.30. The van der Waals surface area contributed by atoms with Crippen molar-refractivity contribution in [1.82, 2.24) is 10.1 Å². The largest absolute Gasteiger partial charge is 0.308 e. The van der Waals surface area contributed by atoms with E-state index in [1.807, 2.05) is 12.1 Å². The first-order valence-corrected chi connectivity index (χ1v) is 19.4. The van der Waals surface area contributed by atoms with Gasteiger partial charge in [0.2, 0.25) is 0 Å². The second kappa shape index (κ2) is 13.5. The molecule has 0 atom stereocenters. The van der Waals surface area contributed by atoms with Gasteiger partial charge in [0.1, 0.15) is 5.84 Å². The molecular formula is C52H41N5. The molecule has 0 aliphatic heterocycles. The molecule has 0 saturated heterocycles. The quantitative estimate of drug-likeness (QED) is 0.0660. The maximum atomic E-state index is 8.42. The van der Waals surface area contributed by atoms with Crippen molar-refractivity contribution >= 4 is 39.0 Å². The van der Waals surface area contributed by atoms with Gasteiger partial charge >= 0.3 is 0 Å². The third-order valence-corrected chi connectivity index (χ3v) is 11.7. The first kappa shape index (κ1) is 34.3. The van der Waals surface area contributed by atoms with Crippen LogP contribution in [0.1, 0.15) is 30.5 Å². The Labute approximate surface area is 332 Å². The number of hydrazine groups is 1. The van der Waals surface area contributed by atoms with Gasteiger partial charge in [-0.25, -0.2) is 15.5 Å². The summed E-state index contributed by atoms with van der Waals surface area (Å²) < 4.78 is 2.41. The van der Waals surface area contributed by atoms with Crippen LogP contribution in [0.2, 0.25) is 0 Å². The van der Waals surface area contributed by atoms with Crippen molar-refractivity contribution in [2.45, 2.75) is 19.3 Å². The fraction of sp³-hybridized carbons (Fsp3) is 0.0577. The maximum absolute atomic E-state index is 8.42. The molecule has 1 aliphatic carbocycles. The summed E-state index contributed by atoms with van der Waals surface area (Å²) in [5, 5.41) is 13.1. The summed E-state index contributed by atoms with van der Waals surface area (Å²) in [5.74, 6) is 5.86. The first-order chi connectivity index (χ1) is 27.9. The normalized spacial score (nSPS) is 12.7. The molecule has 5 heteroatoms. The Bertz CT molecular complexity index is 2960. The highest BCUT2D eigenvalue weighted by atomic mass is 15.6. The molecule has 4 N–H and O–H groups in total. The van der Waals surface area contributed by atoms with E-state index in [1.165, 1.54) is 33.4 Å². The van der Waals surface area contributed by atoms with Gasteiger partial charge in [0.15, 0.2) is 0 Å². The molecule has 9 aromatic rings. The van der Waals surface area contributed by atoms with E-state index in [9.17, 15) is 0 Å². The van der Waals surface area contributed by atoms with Crippen molar-refractivity contribution in [2.24, 2.45) is 5.84 Å². The van der Waals surface area contributed by atoms with Crippen LogP contribution in [0.25, 0.3) is 66.3 Å². The molecule has 0 spiro atoms. The highest BCUT2D eigenvalue weighted by Gasteiger charge is 2.36. The molecule has 274 valence electrons. The van der Waals surface area contributed by atoms with Gasteiger partial charge < -0.3 is 5.43 Å². The first-order valence-electron chi connectivity index (χ1n) is 19.4. The fourth-order valence-electron chi connectivity index (χ4n) is 8.83. The lowest BCUT2D eigenvalue weighted by Gasteiger charge is -2.31. The molecule has 5 nitrogen and oxygen atoms in total. The van der Waals surface area contributed by atoms with Crippen molar-refractivity contribution in [2.75, 3.05) is 5.01 Å². The molecule has 1 heterocycles. The van der Waals surface area contributed by atoms with Gasteiger partial charge in [0, 0.05) is 27.3 Å². The minimum Gasteiger partial charge on any atom is -0.308 e. The Morgan fingerprint density at radius 1 is 0.509 bits per heavy atom. The Hall–Kier alpha value is -7.21. The van der Waals surface area contributed by atoms with Crippen LogP contribution in [-0.4, -0.2) is 10.5 Å². The maximum Gasteiger partial charge on any atom is 0.139 e. The number of amidine groups is 1. The van der Waals surface area contributed by atoms with Gasteiger partial charge in [0.05, 0.1) is 22.4 Å². The second-order valence-corrected chi connectivity index (χ2v) is 15.3. The zero-order valence-electron chi connectivity index (χ0n) is 31.9. The molecule has 0 unspecified atom stereocenters. The summed E-state index contributed by atoms with van der Waals surface area (Å²) in [6.45, 7) is 4.66. The van der Waals surface area contributed by atoms with Crippen LogP contribution in [0.4, 0.5) is 11.4 Å². The van der Waals surface area contributed by atoms with E-state index in [2.05, 4.69) is 205 Å². The third kappa shape index (κ3) is 5.63. The van der Waals surface area contributed by atoms with Crippen LogP contribution in [0.5, 0.6) is 0 Å². The minimum absolute atomic E-state index is 0.162. The van der Waals surface area contributed by atoms with E-state index in [4.69, 9.17) is 11.3 Å². The summed E-state index contributed by atoms with van der Waals surface area (Å²) in [5.41, 5.74) is 19.3. The SMILES string of the molecule is CC1(C)c2ccccc2-c2ccc(N(c3ccc(C(=N)NN)cc3)n3c4ccc(-c5ccccc5)cc4c4cc(-c5ccccc5)cc(-c5ccccc5)c43)cc21. The van der Waals surface area contributed by atoms with Crippen LogP contribution in [-0.2, 0) is 5.41 Å². The van der Waals surface area contributed by atoms with Gasteiger partial charge in [0.25, 0.3) is 0 Å². The lowest BCUT2D eigenvalue weighted by molar-refractivity contribution is 0.660. The van der Waals surface area contributed by atoms with Crippen molar-refractivity contribution < 1.29 is 0 Å². The molecule has 8 aromatic carbocycles. The average Bonchev–Trinajstić information content (AvgIpc) is 3.71. The molecule has 1 aliphatic rings. The molecule has 57 heavy (non-hydrogen) atoms. The minimum atomic E-state index is -0.190. The average molecular weight is 736 g/mol. The van der Waals surface area contributed by atoms with Crippen LogP contribution < -0.4 is 16.3 Å². The van der Waals surface area contributed by atoms with Crippen molar-refractivity contribution in [1.29, 1.82) is 5.41 Å². The van der Waals surface area contributed by atoms with E-state index in [-0.39, 0.29) is 11.3 Å². The number of anilines is 2. The highest BCUT2D eigenvalue weighted by molar-refractivity contribution is 6.16. The monoisotopic (exact) mass is 735 g/mol. The standard InChI is InChI=1S/C52H41N5/c1-52(2)47-21-13-12-20-42(47)43-28-27-41(33-48(43)52)56(40-25-22-37(23-26-40)51(53)55-54)57-49-29-24-38(34-14-6-3-7-15-34)30-45(49)46-32-39(35-16-8-4-9-17-35)31-44(50(46)57)36-18-10-5-11-19-36/h3-33H,54H2,1-2H3,(H2,53,55). The van der Waals surface area contributed by atoms with Gasteiger partial charge in [-0.05, 0) is 111 Å². The van der Waals surface area contributed by atoms with Gasteiger partial charge in [-0.1, -0.05) is 141 Å². The number of nitrogens with two attached hydrogens (primary N) is 1. The number of hydrogen-bond donors (Lipinski definition) is 3. The van der Waals surface area contributed by atoms with E-state index in [1.54, 1.807) is 0 Å². The molecule has 0 amide bonds. The smallest absolute Gasteiger partial charge is 0.139 e. The fourth-order valence-corrected chi connectivity index (χ4v) is 8.83. The molecule has 0 saturated carbocycles. The van der Waals surface area contributed by atoms with E-state index in [0.29, 0.717) is 5.56 Å². The Kier molecular flexibility index (Phi) is 8.13. The van der Waals surface area contributed by atoms with Gasteiger partial charge in [-0.3, -0.25) is 5.41 Å². The number of aromatic nitrogens is 1. The Morgan fingerprint density at radius 2 is 1.09 bits per heavy atom. The highest BCUT2D eigenvalue weighted by Crippen LogP contribution is 2.51. The predicted molar refractivity (Wildman–Crippen MR) is 238 cm³/mol. The predicted octanol–water partition coefficient (Wildman–Crippen LogP) is 12.5. The van der Waals surface area contributed by atoms with Crippen LogP contribution in [0.3, 0.4) is 0 Å². The van der Waals surface area contributed by atoms with Crippen molar-refractivity contribution in [3.05, 3.63) is 205 Å². The number of fused-ring (bicyclic) bond motifs is 6. The van der Waals surface area contributed by atoms with Crippen LogP contribution >= 0.6 is 0 Å². The molecular weight excluding hydrogens is 695 g/mol. The van der Waals surface area contributed by atoms with E-state index in [0.717, 1.165) is 55.4 Å². The zero-order valence-corrected chi connectivity index (χ0v) is 31.9. The molecule has 0 radical (unpaired) electrons. The van der Waals surface area contributed by atoms with E-state index < -0.39 is 0 Å². The summed E-state index contributed by atoms with van der Waals surface area (Å²) in [6.07, 6.45) is 0. The summed E-state index contributed by atoms with van der Waals surface area (Å²) in [7, 11) is 0. The van der Waals surface area contributed by atoms with Crippen LogP contribution in [0.15, 0.2) is 188 Å². The van der Waals surface area contributed by atoms with E-state index >= 15 is 0 Å². The van der Waals surface area contributed by atoms with Crippen molar-refractivity contribution in [3.8, 4) is 44.5 Å². The second-order valence-electron chi connectivity index (χ2n) is 15.3. The number of rotatable bonds is 7. The Morgan fingerprint density at radius 3 is 1.77 bits per heavy atom. The zero-order chi connectivity index (χ0) is 38.7. The lowest BCUT2D eigenvalue weighted by atomic mass is 9.82. The van der Waals surface area contributed by atoms with Crippen molar-refractivity contribution in [3.63, 3.8) is 0 Å². The Balaban J connectivity index is 1.32. The van der Waals surface area contributed by atoms with Gasteiger partial charge in [-0.15, -0.1) is 0 Å². The number of benzene rings is 8.